The number of amides is 1. The molecule has 0 saturated carbocycles. The lowest BCUT2D eigenvalue weighted by atomic mass is 10.0. The third kappa shape index (κ3) is 3.50. The second-order valence-electron chi connectivity index (χ2n) is 4.78. The zero-order valence-corrected chi connectivity index (χ0v) is 11.5. The van der Waals surface area contributed by atoms with Crippen LogP contribution in [0.25, 0.3) is 0 Å². The average molecular weight is 264 g/mol. The summed E-state index contributed by atoms with van der Waals surface area (Å²) in [6.45, 7) is 2.02. The van der Waals surface area contributed by atoms with Crippen molar-refractivity contribution in [1.29, 1.82) is 0 Å². The van der Waals surface area contributed by atoms with Crippen molar-refractivity contribution in [2.24, 2.45) is 5.73 Å². The van der Waals surface area contributed by atoms with Crippen LogP contribution in [0.2, 0.25) is 0 Å². The zero-order valence-electron chi connectivity index (χ0n) is 10.7. The maximum atomic E-state index is 12.1. The first kappa shape index (κ1) is 13.4. The van der Waals surface area contributed by atoms with Crippen molar-refractivity contribution in [2.45, 2.75) is 31.8 Å². The number of aryl methyl sites for hydroxylation is 1. The van der Waals surface area contributed by atoms with E-state index >= 15 is 0 Å². The second kappa shape index (κ2) is 6.25. The first-order valence-corrected chi connectivity index (χ1v) is 7.52. The summed E-state index contributed by atoms with van der Waals surface area (Å²) in [5.41, 5.74) is 8.04. The van der Waals surface area contributed by atoms with Gasteiger partial charge in [0.05, 0.1) is 0 Å². The van der Waals surface area contributed by atoms with Gasteiger partial charge in [-0.2, -0.15) is 11.8 Å². The van der Waals surface area contributed by atoms with Gasteiger partial charge in [0.1, 0.15) is 6.04 Å². The van der Waals surface area contributed by atoms with Crippen LogP contribution in [0.5, 0.6) is 0 Å². The van der Waals surface area contributed by atoms with Crippen LogP contribution < -0.4 is 11.1 Å². The minimum atomic E-state index is -0.555. The van der Waals surface area contributed by atoms with E-state index in [9.17, 15) is 4.79 Å². The Bertz CT molecular complexity index is 399. The molecule has 1 fully saturated rings. The van der Waals surface area contributed by atoms with Crippen LogP contribution in [0, 0.1) is 6.92 Å². The van der Waals surface area contributed by atoms with Gasteiger partial charge in [-0.15, -0.1) is 0 Å². The minimum Gasteiger partial charge on any atom is -0.352 e. The van der Waals surface area contributed by atoms with E-state index < -0.39 is 6.04 Å². The molecule has 4 heteroatoms. The fourth-order valence-electron chi connectivity index (χ4n) is 2.06. The number of carbonyl (C=O) groups excluding carboxylic acids is 1. The van der Waals surface area contributed by atoms with Crippen LogP contribution in [0.3, 0.4) is 0 Å². The molecule has 1 atom stereocenters. The third-order valence-electron chi connectivity index (χ3n) is 3.29. The Morgan fingerprint density at radius 2 is 1.94 bits per heavy atom. The average Bonchev–Trinajstić information content (AvgIpc) is 2.40. The van der Waals surface area contributed by atoms with Crippen molar-refractivity contribution in [3.05, 3.63) is 35.4 Å². The lowest BCUT2D eigenvalue weighted by molar-refractivity contribution is -0.123. The number of nitrogens with one attached hydrogen (secondary N) is 1. The Hall–Kier alpha value is -1.00. The number of thioether (sulfide) groups is 1. The number of nitrogens with two attached hydrogens (primary N) is 1. The molecule has 1 amide bonds. The van der Waals surface area contributed by atoms with Crippen molar-refractivity contribution in [3.8, 4) is 0 Å². The molecule has 1 saturated heterocycles. The molecular weight excluding hydrogens is 244 g/mol. The van der Waals surface area contributed by atoms with Gasteiger partial charge in [-0.3, -0.25) is 4.79 Å². The molecule has 0 radical (unpaired) electrons. The van der Waals surface area contributed by atoms with Gasteiger partial charge in [-0.05, 0) is 36.8 Å². The smallest absolute Gasteiger partial charge is 0.241 e. The minimum absolute atomic E-state index is 0.0595. The van der Waals surface area contributed by atoms with Gasteiger partial charge >= 0.3 is 0 Å². The number of benzene rings is 1. The van der Waals surface area contributed by atoms with Crippen molar-refractivity contribution in [2.75, 3.05) is 11.5 Å². The Balaban J connectivity index is 1.93. The topological polar surface area (TPSA) is 55.1 Å². The van der Waals surface area contributed by atoms with Gasteiger partial charge < -0.3 is 11.1 Å². The van der Waals surface area contributed by atoms with Crippen LogP contribution in [0.1, 0.15) is 30.0 Å². The second-order valence-corrected chi connectivity index (χ2v) is 6.01. The van der Waals surface area contributed by atoms with Gasteiger partial charge in [-0.1, -0.05) is 29.8 Å². The summed E-state index contributed by atoms with van der Waals surface area (Å²) in [7, 11) is 0. The summed E-state index contributed by atoms with van der Waals surface area (Å²) in [5, 5.41) is 3.05. The van der Waals surface area contributed by atoms with E-state index in [0.29, 0.717) is 6.04 Å². The molecule has 1 unspecified atom stereocenters. The lowest BCUT2D eigenvalue weighted by Crippen LogP contribution is -2.42. The first-order valence-electron chi connectivity index (χ1n) is 6.37. The predicted octanol–water partition coefficient (Wildman–Crippen LogP) is 2.01. The van der Waals surface area contributed by atoms with E-state index in [2.05, 4.69) is 5.32 Å². The third-order valence-corrected chi connectivity index (χ3v) is 4.34. The molecular formula is C14H20N2OS. The molecule has 0 spiro atoms. The molecule has 1 aliphatic rings. The maximum absolute atomic E-state index is 12.1. The van der Waals surface area contributed by atoms with Gasteiger partial charge in [0.2, 0.25) is 5.91 Å². The van der Waals surface area contributed by atoms with Crippen LogP contribution >= 0.6 is 11.8 Å². The monoisotopic (exact) mass is 264 g/mol. The van der Waals surface area contributed by atoms with Gasteiger partial charge in [-0.25, -0.2) is 0 Å². The number of hydrogen-bond acceptors (Lipinski definition) is 3. The lowest BCUT2D eigenvalue weighted by Gasteiger charge is -2.24. The van der Waals surface area contributed by atoms with Crippen LogP contribution in [0.4, 0.5) is 0 Å². The summed E-state index contributed by atoms with van der Waals surface area (Å²) in [5.74, 6) is 2.20. The largest absolute Gasteiger partial charge is 0.352 e. The summed E-state index contributed by atoms with van der Waals surface area (Å²) in [4.78, 5) is 12.1. The van der Waals surface area contributed by atoms with Crippen LogP contribution in [0.15, 0.2) is 24.3 Å². The standard InChI is InChI=1S/C14H20N2OS/c1-10-2-4-11(5-3-10)13(15)14(17)16-12-6-8-18-9-7-12/h2-5,12-13H,6-9,15H2,1H3,(H,16,17). The fraction of sp³-hybridized carbons (Fsp3) is 0.500. The van der Waals surface area contributed by atoms with Crippen LogP contribution in [-0.2, 0) is 4.79 Å². The Labute approximate surface area is 113 Å². The normalized spacial score (nSPS) is 18.3. The summed E-state index contributed by atoms with van der Waals surface area (Å²) >= 11 is 1.95. The molecule has 1 heterocycles. The first-order chi connectivity index (χ1) is 8.66. The van der Waals surface area contributed by atoms with E-state index in [1.54, 1.807) is 0 Å². The highest BCUT2D eigenvalue weighted by molar-refractivity contribution is 7.99. The van der Waals surface area contributed by atoms with E-state index in [1.165, 1.54) is 5.56 Å². The molecule has 0 bridgehead atoms. The van der Waals surface area contributed by atoms with Crippen molar-refractivity contribution >= 4 is 17.7 Å². The van der Waals surface area contributed by atoms with E-state index in [0.717, 1.165) is 29.9 Å². The Morgan fingerprint density at radius 3 is 2.56 bits per heavy atom. The number of rotatable bonds is 3. The molecule has 1 aromatic rings. The SMILES string of the molecule is Cc1ccc(C(N)C(=O)NC2CCSCC2)cc1. The van der Waals surface area contributed by atoms with Crippen molar-refractivity contribution < 1.29 is 4.79 Å². The molecule has 0 aromatic heterocycles. The molecule has 1 aliphatic heterocycles. The number of carbonyl (C=O) groups is 1. The van der Waals surface area contributed by atoms with E-state index in [-0.39, 0.29) is 5.91 Å². The van der Waals surface area contributed by atoms with E-state index in [4.69, 9.17) is 5.73 Å². The van der Waals surface area contributed by atoms with E-state index in [1.807, 2.05) is 43.0 Å². The summed E-state index contributed by atoms with van der Waals surface area (Å²) in [6, 6.07) is 7.57. The molecule has 98 valence electrons. The summed E-state index contributed by atoms with van der Waals surface area (Å²) < 4.78 is 0. The highest BCUT2D eigenvalue weighted by Gasteiger charge is 2.20. The molecule has 18 heavy (non-hydrogen) atoms. The Kier molecular flexibility index (Phi) is 4.66. The summed E-state index contributed by atoms with van der Waals surface area (Å²) in [6.07, 6.45) is 2.11. The van der Waals surface area contributed by atoms with Crippen molar-refractivity contribution in [1.82, 2.24) is 5.32 Å². The predicted molar refractivity (Wildman–Crippen MR) is 76.6 cm³/mol. The molecule has 2 rings (SSSR count). The highest BCUT2D eigenvalue weighted by atomic mass is 32.2. The molecule has 1 aromatic carbocycles. The number of hydrogen-bond donors (Lipinski definition) is 2. The maximum Gasteiger partial charge on any atom is 0.241 e. The Morgan fingerprint density at radius 1 is 1.33 bits per heavy atom. The van der Waals surface area contributed by atoms with Crippen molar-refractivity contribution in [3.63, 3.8) is 0 Å². The van der Waals surface area contributed by atoms with Gasteiger partial charge in [0.25, 0.3) is 0 Å². The fourth-order valence-corrected chi connectivity index (χ4v) is 3.16. The quantitative estimate of drug-likeness (QED) is 0.878. The molecule has 3 nitrogen and oxygen atoms in total. The van der Waals surface area contributed by atoms with Gasteiger partial charge in [0.15, 0.2) is 0 Å². The van der Waals surface area contributed by atoms with Gasteiger partial charge in [0, 0.05) is 6.04 Å². The van der Waals surface area contributed by atoms with Crippen LogP contribution in [-0.4, -0.2) is 23.5 Å². The molecule has 3 N–H and O–H groups in total. The highest BCUT2D eigenvalue weighted by Crippen LogP contribution is 2.18. The zero-order chi connectivity index (χ0) is 13.0. The molecule has 0 aliphatic carbocycles.